The topological polar surface area (TPSA) is 51.2 Å². The number of nitrogens with one attached hydrogen (secondary N) is 1. The first-order valence-corrected chi connectivity index (χ1v) is 8.97. The molecule has 128 valence electrons. The number of ether oxygens (including phenoxy) is 1. The molecule has 0 saturated carbocycles. The van der Waals surface area contributed by atoms with Crippen molar-refractivity contribution in [1.29, 1.82) is 0 Å². The Morgan fingerprint density at radius 3 is 2.44 bits per heavy atom. The van der Waals surface area contributed by atoms with Crippen LogP contribution in [0.1, 0.15) is 20.9 Å². The van der Waals surface area contributed by atoms with Crippen LogP contribution in [0.15, 0.2) is 53.9 Å². The van der Waals surface area contributed by atoms with Crippen LogP contribution in [0.5, 0.6) is 5.75 Å². The first-order chi connectivity index (χ1) is 12.2. The summed E-state index contributed by atoms with van der Waals surface area (Å²) < 4.78 is 5.10. The highest BCUT2D eigenvalue weighted by molar-refractivity contribution is 7.09. The summed E-state index contributed by atoms with van der Waals surface area (Å²) in [5.41, 5.74) is 3.96. The number of thiazole rings is 1. The van der Waals surface area contributed by atoms with Crippen molar-refractivity contribution in [2.45, 2.75) is 13.3 Å². The van der Waals surface area contributed by atoms with Gasteiger partial charge in [-0.05, 0) is 43.2 Å². The Kier molecular flexibility index (Phi) is 5.46. The van der Waals surface area contributed by atoms with E-state index >= 15 is 0 Å². The number of hydrogen-bond donors (Lipinski definition) is 1. The standard InChI is InChI=1S/C20H20N2O2S/c1-14-22-19(13-25-14)16-5-3-15(4-6-16)11-12-21-20(23)17-7-9-18(24-2)10-8-17/h3-10,13H,11-12H2,1-2H3,(H,21,23). The molecule has 1 N–H and O–H groups in total. The summed E-state index contributed by atoms with van der Waals surface area (Å²) in [6.45, 7) is 2.61. The van der Waals surface area contributed by atoms with Crippen molar-refractivity contribution in [2.24, 2.45) is 0 Å². The quantitative estimate of drug-likeness (QED) is 0.727. The van der Waals surface area contributed by atoms with Gasteiger partial charge in [0.05, 0.1) is 17.8 Å². The second-order valence-electron chi connectivity index (χ2n) is 5.68. The molecule has 0 aliphatic rings. The zero-order chi connectivity index (χ0) is 17.6. The maximum Gasteiger partial charge on any atom is 0.251 e. The summed E-state index contributed by atoms with van der Waals surface area (Å²) in [6, 6.07) is 15.4. The Balaban J connectivity index is 1.52. The molecule has 0 saturated heterocycles. The van der Waals surface area contributed by atoms with Gasteiger partial charge >= 0.3 is 0 Å². The highest BCUT2D eigenvalue weighted by Crippen LogP contribution is 2.21. The van der Waals surface area contributed by atoms with Gasteiger partial charge in [0.2, 0.25) is 0 Å². The van der Waals surface area contributed by atoms with E-state index in [0.29, 0.717) is 12.1 Å². The average molecular weight is 352 g/mol. The van der Waals surface area contributed by atoms with Crippen molar-refractivity contribution in [3.05, 3.63) is 70.0 Å². The van der Waals surface area contributed by atoms with Crippen LogP contribution in [0.25, 0.3) is 11.3 Å². The smallest absolute Gasteiger partial charge is 0.251 e. The lowest BCUT2D eigenvalue weighted by atomic mass is 10.1. The number of rotatable bonds is 6. The molecule has 4 nitrogen and oxygen atoms in total. The number of aryl methyl sites for hydroxylation is 1. The lowest BCUT2D eigenvalue weighted by Crippen LogP contribution is -2.25. The third kappa shape index (κ3) is 4.45. The zero-order valence-corrected chi connectivity index (χ0v) is 15.1. The second-order valence-corrected chi connectivity index (χ2v) is 6.75. The van der Waals surface area contributed by atoms with E-state index in [1.54, 1.807) is 42.7 Å². The van der Waals surface area contributed by atoms with Crippen LogP contribution >= 0.6 is 11.3 Å². The van der Waals surface area contributed by atoms with E-state index in [-0.39, 0.29) is 5.91 Å². The molecule has 0 atom stereocenters. The summed E-state index contributed by atoms with van der Waals surface area (Å²) >= 11 is 1.65. The fourth-order valence-corrected chi connectivity index (χ4v) is 3.13. The number of amides is 1. The molecule has 0 fully saturated rings. The molecule has 0 radical (unpaired) electrons. The predicted octanol–water partition coefficient (Wildman–Crippen LogP) is 4.10. The summed E-state index contributed by atoms with van der Waals surface area (Å²) in [6.07, 6.45) is 0.790. The molecule has 0 unspecified atom stereocenters. The molecule has 25 heavy (non-hydrogen) atoms. The lowest BCUT2D eigenvalue weighted by molar-refractivity contribution is 0.0954. The number of methoxy groups -OCH3 is 1. The van der Waals surface area contributed by atoms with Crippen LogP contribution < -0.4 is 10.1 Å². The largest absolute Gasteiger partial charge is 0.497 e. The van der Waals surface area contributed by atoms with Crippen LogP contribution in [0, 0.1) is 6.92 Å². The van der Waals surface area contributed by atoms with Gasteiger partial charge in [-0.2, -0.15) is 0 Å². The number of carbonyl (C=O) groups is 1. The van der Waals surface area contributed by atoms with Crippen molar-refractivity contribution in [3.63, 3.8) is 0 Å². The van der Waals surface area contributed by atoms with Gasteiger partial charge < -0.3 is 10.1 Å². The Morgan fingerprint density at radius 2 is 1.84 bits per heavy atom. The van der Waals surface area contributed by atoms with Gasteiger partial charge in [-0.25, -0.2) is 4.98 Å². The zero-order valence-electron chi connectivity index (χ0n) is 14.3. The van der Waals surface area contributed by atoms with Crippen LogP contribution in [-0.4, -0.2) is 24.5 Å². The maximum absolute atomic E-state index is 12.1. The summed E-state index contributed by atoms with van der Waals surface area (Å²) in [7, 11) is 1.61. The molecule has 0 spiro atoms. The molecule has 5 heteroatoms. The van der Waals surface area contributed by atoms with Crippen LogP contribution in [0.2, 0.25) is 0 Å². The van der Waals surface area contributed by atoms with Gasteiger partial charge in [0.1, 0.15) is 5.75 Å². The van der Waals surface area contributed by atoms with Crippen molar-refractivity contribution in [3.8, 4) is 17.0 Å². The van der Waals surface area contributed by atoms with E-state index in [1.807, 2.05) is 6.92 Å². The van der Waals surface area contributed by atoms with Gasteiger partial charge in [0.25, 0.3) is 5.91 Å². The van der Waals surface area contributed by atoms with Crippen molar-refractivity contribution in [2.75, 3.05) is 13.7 Å². The molecule has 0 aliphatic heterocycles. The minimum Gasteiger partial charge on any atom is -0.497 e. The number of hydrogen-bond acceptors (Lipinski definition) is 4. The Morgan fingerprint density at radius 1 is 1.12 bits per heavy atom. The van der Waals surface area contributed by atoms with Gasteiger partial charge in [0, 0.05) is 23.1 Å². The van der Waals surface area contributed by atoms with Crippen LogP contribution in [0.3, 0.4) is 0 Å². The van der Waals surface area contributed by atoms with E-state index in [4.69, 9.17) is 4.74 Å². The van der Waals surface area contributed by atoms with Gasteiger partial charge in [-0.15, -0.1) is 11.3 Å². The van der Waals surface area contributed by atoms with Crippen molar-refractivity contribution < 1.29 is 9.53 Å². The van der Waals surface area contributed by atoms with E-state index in [9.17, 15) is 4.79 Å². The highest BCUT2D eigenvalue weighted by Gasteiger charge is 2.06. The molecule has 3 aromatic rings. The Labute approximate surface area is 151 Å². The summed E-state index contributed by atoms with van der Waals surface area (Å²) in [4.78, 5) is 16.6. The molecular formula is C20H20N2O2S. The molecule has 3 rings (SSSR count). The maximum atomic E-state index is 12.1. The second kappa shape index (κ2) is 7.94. The van der Waals surface area contributed by atoms with E-state index in [1.165, 1.54) is 5.56 Å². The molecule has 1 heterocycles. The van der Waals surface area contributed by atoms with Crippen molar-refractivity contribution >= 4 is 17.2 Å². The molecule has 1 amide bonds. The molecule has 0 aliphatic carbocycles. The lowest BCUT2D eigenvalue weighted by Gasteiger charge is -2.07. The van der Waals surface area contributed by atoms with Crippen LogP contribution in [-0.2, 0) is 6.42 Å². The Hall–Kier alpha value is -2.66. The van der Waals surface area contributed by atoms with E-state index < -0.39 is 0 Å². The molecule has 2 aromatic carbocycles. The first-order valence-electron chi connectivity index (χ1n) is 8.09. The predicted molar refractivity (Wildman–Crippen MR) is 101 cm³/mol. The molecule has 0 bridgehead atoms. The molecular weight excluding hydrogens is 332 g/mol. The normalized spacial score (nSPS) is 10.5. The van der Waals surface area contributed by atoms with Crippen LogP contribution in [0.4, 0.5) is 0 Å². The fourth-order valence-electron chi connectivity index (χ4n) is 2.50. The van der Waals surface area contributed by atoms with Gasteiger partial charge in [0.15, 0.2) is 0 Å². The minimum atomic E-state index is -0.0720. The van der Waals surface area contributed by atoms with Gasteiger partial charge in [-0.3, -0.25) is 4.79 Å². The summed E-state index contributed by atoms with van der Waals surface area (Å²) in [5, 5.41) is 6.08. The number of nitrogens with zero attached hydrogens (tertiary/aromatic N) is 1. The highest BCUT2D eigenvalue weighted by atomic mass is 32.1. The summed E-state index contributed by atoms with van der Waals surface area (Å²) in [5.74, 6) is 0.671. The van der Waals surface area contributed by atoms with E-state index in [0.717, 1.165) is 28.4 Å². The number of aromatic nitrogens is 1. The monoisotopic (exact) mass is 352 g/mol. The number of benzene rings is 2. The van der Waals surface area contributed by atoms with E-state index in [2.05, 4.69) is 39.9 Å². The van der Waals surface area contributed by atoms with Crippen molar-refractivity contribution in [1.82, 2.24) is 10.3 Å². The first kappa shape index (κ1) is 17.2. The Bertz CT molecular complexity index is 839. The fraction of sp³-hybridized carbons (Fsp3) is 0.200. The third-order valence-electron chi connectivity index (χ3n) is 3.92. The minimum absolute atomic E-state index is 0.0720. The average Bonchev–Trinajstić information content (AvgIpc) is 3.08. The number of carbonyl (C=O) groups excluding carboxylic acids is 1. The SMILES string of the molecule is COc1ccc(C(=O)NCCc2ccc(-c3csc(C)n3)cc2)cc1. The van der Waals surface area contributed by atoms with Gasteiger partial charge in [-0.1, -0.05) is 24.3 Å². The third-order valence-corrected chi connectivity index (χ3v) is 4.69. The molecule has 1 aromatic heterocycles.